The van der Waals surface area contributed by atoms with Crippen LogP contribution in [0, 0.1) is 11.8 Å². The third kappa shape index (κ3) is 1.00. The molecule has 0 radical (unpaired) electrons. The van der Waals surface area contributed by atoms with E-state index in [-0.39, 0.29) is 0 Å². The monoisotopic (exact) mass is 136 g/mol. The lowest BCUT2D eigenvalue weighted by molar-refractivity contribution is 0.426. The molecule has 2 aliphatic carbocycles. The second-order valence-electron chi connectivity index (χ2n) is 3.90. The van der Waals surface area contributed by atoms with Crippen LogP contribution in [0.2, 0.25) is 0 Å². The molecule has 0 aromatic heterocycles. The van der Waals surface area contributed by atoms with Crippen LogP contribution in [-0.4, -0.2) is 0 Å². The molecule has 0 aliphatic heterocycles. The molecule has 56 valence electrons. The molecule has 0 aromatic carbocycles. The minimum absolute atomic E-state index is 1.07. The first kappa shape index (κ1) is 6.45. The minimum atomic E-state index is 1.07. The molecule has 10 heavy (non-hydrogen) atoms. The van der Waals surface area contributed by atoms with Gasteiger partial charge in [0.25, 0.3) is 0 Å². The summed E-state index contributed by atoms with van der Waals surface area (Å²) in [5.41, 5.74) is 1.73. The van der Waals surface area contributed by atoms with E-state index in [1.165, 1.54) is 32.1 Å². The zero-order chi connectivity index (χ0) is 6.97. The summed E-state index contributed by atoms with van der Waals surface area (Å²) >= 11 is 0. The summed E-state index contributed by atoms with van der Waals surface area (Å²) in [4.78, 5) is 0. The first-order valence-corrected chi connectivity index (χ1v) is 4.52. The van der Waals surface area contributed by atoms with Gasteiger partial charge in [-0.2, -0.15) is 0 Å². The van der Waals surface area contributed by atoms with Gasteiger partial charge in [0.2, 0.25) is 0 Å². The van der Waals surface area contributed by atoms with Gasteiger partial charge in [0.15, 0.2) is 0 Å². The van der Waals surface area contributed by atoms with Gasteiger partial charge < -0.3 is 0 Å². The fraction of sp³-hybridized carbons (Fsp3) is 0.800. The average Bonchev–Trinajstić information content (AvgIpc) is 2.30. The van der Waals surface area contributed by atoms with Gasteiger partial charge in [0, 0.05) is 0 Å². The smallest absolute Gasteiger partial charge is 0.0292 e. The first-order chi connectivity index (χ1) is 4.88. The Kier molecular flexibility index (Phi) is 1.55. The molecule has 0 saturated heterocycles. The van der Waals surface area contributed by atoms with Crippen LogP contribution in [0.15, 0.2) is 11.6 Å². The van der Waals surface area contributed by atoms with E-state index in [4.69, 9.17) is 0 Å². The summed E-state index contributed by atoms with van der Waals surface area (Å²) in [6, 6.07) is 0. The van der Waals surface area contributed by atoms with Gasteiger partial charge in [-0.05, 0) is 50.9 Å². The number of fused-ring (bicyclic) bond motifs is 2. The van der Waals surface area contributed by atoms with Crippen molar-refractivity contribution in [1.82, 2.24) is 0 Å². The van der Waals surface area contributed by atoms with E-state index in [1.54, 1.807) is 5.57 Å². The Bertz CT molecular complexity index is 141. The number of hydrogen-bond donors (Lipinski definition) is 0. The van der Waals surface area contributed by atoms with Crippen LogP contribution in [0.3, 0.4) is 0 Å². The molecule has 2 fully saturated rings. The molecule has 0 amide bonds. The van der Waals surface area contributed by atoms with E-state index in [1.807, 2.05) is 0 Å². The fourth-order valence-electron chi connectivity index (χ4n) is 2.61. The maximum atomic E-state index is 2.34. The van der Waals surface area contributed by atoms with Crippen LogP contribution in [0.25, 0.3) is 0 Å². The van der Waals surface area contributed by atoms with Crippen molar-refractivity contribution in [1.29, 1.82) is 0 Å². The Morgan fingerprint density at radius 2 is 1.80 bits per heavy atom. The third-order valence-electron chi connectivity index (χ3n) is 3.16. The summed E-state index contributed by atoms with van der Waals surface area (Å²) in [7, 11) is 0. The SMILES string of the molecule is CC=C1CC2CCC(C1)C2. The summed E-state index contributed by atoms with van der Waals surface area (Å²) in [5.74, 6) is 2.15. The van der Waals surface area contributed by atoms with E-state index in [0.717, 1.165) is 11.8 Å². The van der Waals surface area contributed by atoms with Crippen molar-refractivity contribution in [3.05, 3.63) is 11.6 Å². The Hall–Kier alpha value is -0.260. The maximum Gasteiger partial charge on any atom is -0.0292 e. The molecular weight excluding hydrogens is 120 g/mol. The Morgan fingerprint density at radius 1 is 1.20 bits per heavy atom. The number of hydrogen-bond acceptors (Lipinski definition) is 0. The molecule has 0 heterocycles. The van der Waals surface area contributed by atoms with Crippen LogP contribution in [0.5, 0.6) is 0 Å². The highest BCUT2D eigenvalue weighted by molar-refractivity contribution is 5.08. The summed E-state index contributed by atoms with van der Waals surface area (Å²) < 4.78 is 0. The predicted molar refractivity (Wildman–Crippen MR) is 43.8 cm³/mol. The summed E-state index contributed by atoms with van der Waals surface area (Å²) in [6.07, 6.45) is 9.76. The highest BCUT2D eigenvalue weighted by Gasteiger charge is 2.30. The first-order valence-electron chi connectivity index (χ1n) is 4.52. The van der Waals surface area contributed by atoms with E-state index in [0.29, 0.717) is 0 Å². The largest absolute Gasteiger partial charge is 0.0884 e. The van der Waals surface area contributed by atoms with Gasteiger partial charge in [-0.15, -0.1) is 0 Å². The van der Waals surface area contributed by atoms with Gasteiger partial charge in [0.1, 0.15) is 0 Å². The second-order valence-corrected chi connectivity index (χ2v) is 3.90. The van der Waals surface area contributed by atoms with Crippen LogP contribution in [0.1, 0.15) is 39.0 Å². The molecule has 0 nitrogen and oxygen atoms in total. The number of rotatable bonds is 0. The molecule has 2 aliphatic rings. The van der Waals surface area contributed by atoms with Crippen molar-refractivity contribution >= 4 is 0 Å². The lowest BCUT2D eigenvalue weighted by atomic mass is 9.85. The maximum absolute atomic E-state index is 2.34. The minimum Gasteiger partial charge on any atom is -0.0884 e. The number of allylic oxidation sites excluding steroid dienone is 2. The van der Waals surface area contributed by atoms with Gasteiger partial charge in [0.05, 0.1) is 0 Å². The van der Waals surface area contributed by atoms with Crippen LogP contribution in [0.4, 0.5) is 0 Å². The molecule has 0 N–H and O–H groups in total. The van der Waals surface area contributed by atoms with Crippen molar-refractivity contribution in [3.63, 3.8) is 0 Å². The van der Waals surface area contributed by atoms with Gasteiger partial charge in [-0.25, -0.2) is 0 Å². The molecule has 2 saturated carbocycles. The zero-order valence-corrected chi connectivity index (χ0v) is 6.77. The van der Waals surface area contributed by atoms with E-state index < -0.39 is 0 Å². The Labute approximate surface area is 63.3 Å². The van der Waals surface area contributed by atoms with Gasteiger partial charge in [-0.3, -0.25) is 0 Å². The quantitative estimate of drug-likeness (QED) is 0.449. The highest BCUT2D eigenvalue weighted by atomic mass is 14.4. The zero-order valence-electron chi connectivity index (χ0n) is 6.77. The van der Waals surface area contributed by atoms with Crippen LogP contribution >= 0.6 is 0 Å². The summed E-state index contributed by atoms with van der Waals surface area (Å²) in [6.45, 7) is 2.19. The van der Waals surface area contributed by atoms with E-state index in [2.05, 4.69) is 13.0 Å². The second kappa shape index (κ2) is 2.41. The van der Waals surface area contributed by atoms with Crippen LogP contribution < -0.4 is 0 Å². The highest BCUT2D eigenvalue weighted by Crippen LogP contribution is 2.44. The van der Waals surface area contributed by atoms with Crippen molar-refractivity contribution in [2.75, 3.05) is 0 Å². The summed E-state index contributed by atoms with van der Waals surface area (Å²) in [5, 5.41) is 0. The molecular formula is C10H16. The molecule has 2 bridgehead atoms. The Balaban J connectivity index is 2.09. The fourth-order valence-corrected chi connectivity index (χ4v) is 2.61. The van der Waals surface area contributed by atoms with Crippen LogP contribution in [-0.2, 0) is 0 Å². The van der Waals surface area contributed by atoms with Gasteiger partial charge in [-0.1, -0.05) is 11.6 Å². The standard InChI is InChI=1S/C10H16/c1-2-8-5-9-3-4-10(6-8)7-9/h2,9-10H,3-7H2,1H3. The van der Waals surface area contributed by atoms with Crippen molar-refractivity contribution in [3.8, 4) is 0 Å². The van der Waals surface area contributed by atoms with Gasteiger partial charge >= 0.3 is 0 Å². The average molecular weight is 136 g/mol. The van der Waals surface area contributed by atoms with Crippen molar-refractivity contribution in [2.24, 2.45) is 11.8 Å². The normalized spacial score (nSPS) is 38.3. The topological polar surface area (TPSA) is 0 Å². The molecule has 2 unspecified atom stereocenters. The third-order valence-corrected chi connectivity index (χ3v) is 3.16. The van der Waals surface area contributed by atoms with E-state index in [9.17, 15) is 0 Å². The van der Waals surface area contributed by atoms with Crippen molar-refractivity contribution < 1.29 is 0 Å². The molecule has 2 rings (SSSR count). The molecule has 2 atom stereocenters. The predicted octanol–water partition coefficient (Wildman–Crippen LogP) is 3.14. The van der Waals surface area contributed by atoms with Crippen molar-refractivity contribution in [2.45, 2.75) is 39.0 Å². The molecule has 0 heteroatoms. The lowest BCUT2D eigenvalue weighted by Crippen LogP contribution is -2.06. The lowest BCUT2D eigenvalue weighted by Gasteiger charge is -2.20. The molecule has 0 spiro atoms. The van der Waals surface area contributed by atoms with E-state index >= 15 is 0 Å². The molecule has 0 aromatic rings. The Morgan fingerprint density at radius 3 is 2.30 bits per heavy atom.